The molecular weight excluding hydrogens is 256 g/mol. The van der Waals surface area contributed by atoms with Gasteiger partial charge in [-0.3, -0.25) is 0 Å². The largest absolute Gasteiger partial charge is 0.491 e. The van der Waals surface area contributed by atoms with Crippen molar-refractivity contribution in [2.24, 2.45) is 0 Å². The molecule has 0 aromatic heterocycles. The predicted octanol–water partition coefficient (Wildman–Crippen LogP) is 2.69. The van der Waals surface area contributed by atoms with Crippen LogP contribution in [0.4, 0.5) is 0 Å². The molecule has 1 aromatic rings. The van der Waals surface area contributed by atoms with Crippen molar-refractivity contribution in [1.29, 1.82) is 0 Å². The van der Waals surface area contributed by atoms with Crippen molar-refractivity contribution in [3.63, 3.8) is 0 Å². The summed E-state index contributed by atoms with van der Waals surface area (Å²) >= 11 is 0. The molecule has 0 heterocycles. The van der Waals surface area contributed by atoms with E-state index in [0.717, 1.165) is 23.1 Å². The van der Waals surface area contributed by atoms with Crippen molar-refractivity contribution in [1.82, 2.24) is 0 Å². The van der Waals surface area contributed by atoms with Crippen molar-refractivity contribution in [2.75, 3.05) is 0 Å². The lowest BCUT2D eigenvalue weighted by Crippen LogP contribution is -2.23. The van der Waals surface area contributed by atoms with E-state index in [1.165, 1.54) is 0 Å². The van der Waals surface area contributed by atoms with Gasteiger partial charge in [0.2, 0.25) is 0 Å². The average molecular weight is 276 g/mol. The topological polar surface area (TPSA) is 71.9 Å². The molecule has 0 aliphatic rings. The molecule has 20 heavy (non-hydrogen) atoms. The maximum absolute atomic E-state index is 11.1. The maximum Gasteiger partial charge on any atom is 0.413 e. The van der Waals surface area contributed by atoms with Gasteiger partial charge in [-0.25, -0.2) is 4.79 Å². The van der Waals surface area contributed by atoms with Crippen LogP contribution in [0.15, 0.2) is 18.2 Å². The van der Waals surface area contributed by atoms with E-state index in [-0.39, 0.29) is 12.2 Å². The predicted molar refractivity (Wildman–Crippen MR) is 75.9 cm³/mol. The monoisotopic (exact) mass is 276 g/mol. The van der Waals surface area contributed by atoms with E-state index in [1.54, 1.807) is 6.92 Å². The van der Waals surface area contributed by atoms with Gasteiger partial charge in [0, 0.05) is 6.42 Å². The van der Waals surface area contributed by atoms with Crippen LogP contribution in [-0.4, -0.2) is 29.2 Å². The van der Waals surface area contributed by atoms with Crippen LogP contribution in [0.25, 0.3) is 5.53 Å². The molecule has 0 fully saturated rings. The van der Waals surface area contributed by atoms with Crippen LogP contribution in [0, 0.1) is 13.8 Å². The molecule has 5 heteroatoms. The molecule has 0 aliphatic heterocycles. The van der Waals surface area contributed by atoms with Crippen LogP contribution < -0.4 is 4.74 Å². The lowest BCUT2D eigenvalue weighted by Gasteiger charge is -2.19. The third-order valence-corrected chi connectivity index (χ3v) is 2.68. The van der Waals surface area contributed by atoms with Gasteiger partial charge in [0.05, 0.1) is 6.10 Å². The van der Waals surface area contributed by atoms with Crippen LogP contribution >= 0.6 is 0 Å². The number of benzene rings is 1. The first-order valence-electron chi connectivity index (χ1n) is 6.53. The number of carbonyl (C=O) groups is 1. The average Bonchev–Trinajstić information content (AvgIpc) is 2.26. The fraction of sp³-hybridized carbons (Fsp3) is 0.467. The van der Waals surface area contributed by atoms with Gasteiger partial charge in [0.25, 0.3) is 0 Å². The normalized spacial score (nSPS) is 13.0. The summed E-state index contributed by atoms with van der Waals surface area (Å²) in [4.78, 5) is 13.7. The van der Waals surface area contributed by atoms with Gasteiger partial charge in [0.15, 0.2) is 0 Å². The summed E-state index contributed by atoms with van der Waals surface area (Å²) in [6, 6.07) is 6.02. The van der Waals surface area contributed by atoms with Gasteiger partial charge in [-0.05, 0) is 51.0 Å². The molecule has 0 spiro atoms. The second kappa shape index (κ2) is 7.46. The number of esters is 1. The zero-order valence-electron chi connectivity index (χ0n) is 12.3. The lowest BCUT2D eigenvalue weighted by molar-refractivity contribution is -0.144. The van der Waals surface area contributed by atoms with Gasteiger partial charge in [-0.1, -0.05) is 6.07 Å². The maximum atomic E-state index is 11.1. The number of hydrogen-bond acceptors (Lipinski definition) is 3. The highest BCUT2D eigenvalue weighted by atomic mass is 16.5. The Morgan fingerprint density at radius 1 is 1.25 bits per heavy atom. The molecular formula is C15H20N2O3. The van der Waals surface area contributed by atoms with Gasteiger partial charge < -0.3 is 15.0 Å². The third-order valence-electron chi connectivity index (χ3n) is 2.68. The van der Waals surface area contributed by atoms with Crippen LogP contribution in [0.2, 0.25) is 0 Å². The first-order chi connectivity index (χ1) is 9.40. The Labute approximate surface area is 119 Å². The van der Waals surface area contributed by atoms with E-state index in [1.807, 2.05) is 32.9 Å². The van der Waals surface area contributed by atoms with E-state index in [2.05, 4.69) is 10.9 Å². The van der Waals surface area contributed by atoms with E-state index in [0.29, 0.717) is 6.42 Å². The van der Waals surface area contributed by atoms with Crippen LogP contribution in [0.1, 0.15) is 31.4 Å². The number of carbonyl (C=O) groups excluding carboxylic acids is 1. The SMILES string of the molecule is Cc1cc(C)cc(O[C@@H](C)C[C@@H](C)OC(=O)C=[N+]=[N-])c1. The molecule has 1 rings (SSSR count). The van der Waals surface area contributed by atoms with E-state index in [4.69, 9.17) is 15.0 Å². The highest BCUT2D eigenvalue weighted by Crippen LogP contribution is 2.19. The Bertz CT molecular complexity index is 502. The molecule has 0 unspecified atom stereocenters. The van der Waals surface area contributed by atoms with Crippen molar-refractivity contribution in [3.8, 4) is 5.75 Å². The quantitative estimate of drug-likeness (QED) is 0.347. The summed E-state index contributed by atoms with van der Waals surface area (Å²) in [5.74, 6) is 0.143. The minimum Gasteiger partial charge on any atom is -0.491 e. The van der Waals surface area contributed by atoms with Crippen molar-refractivity contribution >= 4 is 12.2 Å². The second-order valence-corrected chi connectivity index (χ2v) is 4.98. The number of nitrogens with zero attached hydrogens (tertiary/aromatic N) is 2. The zero-order chi connectivity index (χ0) is 15.1. The summed E-state index contributed by atoms with van der Waals surface area (Å²) in [7, 11) is 0. The van der Waals surface area contributed by atoms with E-state index in [9.17, 15) is 4.79 Å². The second-order valence-electron chi connectivity index (χ2n) is 4.98. The molecule has 0 radical (unpaired) electrons. The number of hydrogen-bond donors (Lipinski definition) is 0. The molecule has 2 atom stereocenters. The highest BCUT2D eigenvalue weighted by molar-refractivity contribution is 6.20. The summed E-state index contributed by atoms with van der Waals surface area (Å²) < 4.78 is 10.8. The Balaban J connectivity index is 2.52. The van der Waals surface area contributed by atoms with Gasteiger partial charge in [0.1, 0.15) is 11.9 Å². The fourth-order valence-corrected chi connectivity index (χ4v) is 2.07. The van der Waals surface area contributed by atoms with E-state index >= 15 is 0 Å². The number of aryl methyl sites for hydroxylation is 2. The highest BCUT2D eigenvalue weighted by Gasteiger charge is 2.15. The van der Waals surface area contributed by atoms with Crippen LogP contribution in [0.3, 0.4) is 0 Å². The molecule has 0 saturated carbocycles. The molecule has 1 aromatic carbocycles. The fourth-order valence-electron chi connectivity index (χ4n) is 2.07. The molecule has 0 bridgehead atoms. The van der Waals surface area contributed by atoms with Crippen molar-refractivity contribution in [3.05, 3.63) is 34.9 Å². The number of rotatable bonds is 6. The molecule has 0 N–H and O–H groups in total. The minimum atomic E-state index is -0.668. The summed E-state index contributed by atoms with van der Waals surface area (Å²) in [6.07, 6.45) is 0.871. The number of ether oxygens (including phenoxy) is 2. The van der Waals surface area contributed by atoms with Gasteiger partial charge >= 0.3 is 12.2 Å². The van der Waals surface area contributed by atoms with Gasteiger partial charge in [-0.2, -0.15) is 4.79 Å². The molecule has 0 saturated heterocycles. The smallest absolute Gasteiger partial charge is 0.413 e. The molecule has 5 nitrogen and oxygen atoms in total. The van der Waals surface area contributed by atoms with Crippen molar-refractivity contribution < 1.29 is 19.1 Å². The molecule has 0 aliphatic carbocycles. The van der Waals surface area contributed by atoms with Crippen LogP contribution in [-0.2, 0) is 9.53 Å². The van der Waals surface area contributed by atoms with Crippen LogP contribution in [0.5, 0.6) is 5.75 Å². The zero-order valence-corrected chi connectivity index (χ0v) is 12.3. The van der Waals surface area contributed by atoms with Gasteiger partial charge in [-0.15, -0.1) is 0 Å². The third kappa shape index (κ3) is 5.67. The lowest BCUT2D eigenvalue weighted by atomic mass is 10.1. The standard InChI is InChI=1S/C15H20N2O3/c1-10-5-11(2)7-14(6-10)19-12(3)8-13(4)20-15(18)9-17-16/h5-7,9,12-13H,8H2,1-4H3/t12-,13+/m0/s1. The Hall–Kier alpha value is -2.13. The Morgan fingerprint density at radius 3 is 2.40 bits per heavy atom. The molecule has 0 amide bonds. The summed E-state index contributed by atoms with van der Waals surface area (Å²) in [5, 5.41) is 0. The first-order valence-corrected chi connectivity index (χ1v) is 6.53. The summed E-state index contributed by atoms with van der Waals surface area (Å²) in [5.41, 5.74) is 10.5. The van der Waals surface area contributed by atoms with Crippen molar-refractivity contribution in [2.45, 2.75) is 46.3 Å². The Kier molecular flexibility index (Phi) is 5.94. The summed E-state index contributed by atoms with van der Waals surface area (Å²) in [6.45, 7) is 7.72. The Morgan fingerprint density at radius 2 is 1.85 bits per heavy atom. The first kappa shape index (κ1) is 15.9. The minimum absolute atomic E-state index is 0.0925. The van der Waals surface area contributed by atoms with E-state index < -0.39 is 5.97 Å². The molecule has 108 valence electrons.